The molecule has 0 saturated heterocycles. The van der Waals surface area contributed by atoms with Crippen molar-refractivity contribution in [2.45, 2.75) is 13.5 Å². The number of amides is 1. The summed E-state index contributed by atoms with van der Waals surface area (Å²) < 4.78 is 5.03. The lowest BCUT2D eigenvalue weighted by Gasteiger charge is -2.12. The topological polar surface area (TPSA) is 63.2 Å². The van der Waals surface area contributed by atoms with Crippen molar-refractivity contribution < 1.29 is 9.53 Å². The molecule has 2 rings (SSSR count). The van der Waals surface area contributed by atoms with Crippen LogP contribution in [0.4, 0.5) is 5.69 Å². The number of aromatic nitrogens is 1. The van der Waals surface area contributed by atoms with Gasteiger partial charge in [-0.3, -0.25) is 4.79 Å². The molecule has 0 bridgehead atoms. The highest BCUT2D eigenvalue weighted by Crippen LogP contribution is 2.20. The van der Waals surface area contributed by atoms with Crippen LogP contribution in [0.15, 0.2) is 36.5 Å². The number of hydrogen-bond donors (Lipinski definition) is 2. The van der Waals surface area contributed by atoms with Crippen LogP contribution in [0, 0.1) is 6.92 Å². The number of anilines is 1. The quantitative estimate of drug-likeness (QED) is 0.885. The van der Waals surface area contributed by atoms with Gasteiger partial charge in [-0.1, -0.05) is 12.1 Å². The number of pyridine rings is 1. The average Bonchev–Trinajstić information content (AvgIpc) is 2.53. The van der Waals surface area contributed by atoms with Crippen LogP contribution >= 0.6 is 0 Å². The van der Waals surface area contributed by atoms with Crippen LogP contribution in [0.1, 0.15) is 21.5 Å². The predicted octanol–water partition coefficient (Wildman–Crippen LogP) is 2.37. The Morgan fingerprint density at radius 2 is 2.10 bits per heavy atom. The Hall–Kier alpha value is -2.56. The van der Waals surface area contributed by atoms with Gasteiger partial charge in [0, 0.05) is 37.1 Å². The van der Waals surface area contributed by atoms with Gasteiger partial charge in [0.15, 0.2) is 0 Å². The third-order valence-corrected chi connectivity index (χ3v) is 3.30. The van der Waals surface area contributed by atoms with E-state index in [0.717, 1.165) is 16.8 Å². The molecule has 1 heterocycles. The third kappa shape index (κ3) is 3.51. The van der Waals surface area contributed by atoms with E-state index >= 15 is 0 Å². The monoisotopic (exact) mass is 285 g/mol. The second-order valence-electron chi connectivity index (χ2n) is 4.62. The van der Waals surface area contributed by atoms with E-state index in [9.17, 15) is 4.79 Å². The fourth-order valence-corrected chi connectivity index (χ4v) is 2.04. The number of methoxy groups -OCH3 is 1. The molecule has 0 saturated carbocycles. The standard InChI is InChI=1S/C16H19N3O2/c1-11-13(16(20)17-2)5-4-6-14(11)18-9-12-7-8-15(21-3)19-10-12/h4-8,10,18H,9H2,1-3H3,(H,17,20). The van der Waals surface area contributed by atoms with Gasteiger partial charge in [-0.05, 0) is 30.2 Å². The normalized spacial score (nSPS) is 10.0. The Balaban J connectivity index is 2.10. The van der Waals surface area contributed by atoms with Crippen molar-refractivity contribution in [3.05, 3.63) is 53.2 Å². The first-order valence-electron chi connectivity index (χ1n) is 6.70. The molecular formula is C16H19N3O2. The van der Waals surface area contributed by atoms with Gasteiger partial charge in [0.05, 0.1) is 7.11 Å². The van der Waals surface area contributed by atoms with Gasteiger partial charge >= 0.3 is 0 Å². The molecule has 0 aliphatic carbocycles. The van der Waals surface area contributed by atoms with E-state index in [4.69, 9.17) is 4.74 Å². The highest BCUT2D eigenvalue weighted by atomic mass is 16.5. The minimum Gasteiger partial charge on any atom is -0.481 e. The minimum atomic E-state index is -0.0812. The van der Waals surface area contributed by atoms with Crippen LogP contribution in [-0.2, 0) is 6.54 Å². The first-order chi connectivity index (χ1) is 10.2. The Morgan fingerprint density at radius 3 is 2.71 bits per heavy atom. The maximum Gasteiger partial charge on any atom is 0.251 e. The van der Waals surface area contributed by atoms with E-state index in [1.807, 2.05) is 37.3 Å². The highest BCUT2D eigenvalue weighted by Gasteiger charge is 2.09. The van der Waals surface area contributed by atoms with Gasteiger partial charge in [0.25, 0.3) is 5.91 Å². The Bertz CT molecular complexity index is 624. The number of rotatable bonds is 5. The SMILES string of the molecule is CNC(=O)c1cccc(NCc2ccc(OC)nc2)c1C. The minimum absolute atomic E-state index is 0.0812. The van der Waals surface area contributed by atoms with Gasteiger partial charge < -0.3 is 15.4 Å². The molecule has 5 nitrogen and oxygen atoms in total. The second-order valence-corrected chi connectivity index (χ2v) is 4.62. The van der Waals surface area contributed by atoms with Crippen LogP contribution in [-0.4, -0.2) is 25.0 Å². The van der Waals surface area contributed by atoms with E-state index in [2.05, 4.69) is 15.6 Å². The number of hydrogen-bond acceptors (Lipinski definition) is 4. The fraction of sp³-hybridized carbons (Fsp3) is 0.250. The van der Waals surface area contributed by atoms with Crippen LogP contribution in [0.3, 0.4) is 0 Å². The van der Waals surface area contributed by atoms with Crippen LogP contribution in [0.5, 0.6) is 5.88 Å². The van der Waals surface area contributed by atoms with E-state index in [0.29, 0.717) is 18.0 Å². The lowest BCUT2D eigenvalue weighted by atomic mass is 10.1. The smallest absolute Gasteiger partial charge is 0.251 e. The van der Waals surface area contributed by atoms with Crippen molar-refractivity contribution in [2.75, 3.05) is 19.5 Å². The predicted molar refractivity (Wildman–Crippen MR) is 82.7 cm³/mol. The summed E-state index contributed by atoms with van der Waals surface area (Å²) in [4.78, 5) is 15.9. The van der Waals surface area contributed by atoms with Gasteiger partial charge in [0.2, 0.25) is 5.88 Å². The molecule has 1 aromatic carbocycles. The molecule has 1 aromatic heterocycles. The molecule has 0 unspecified atom stereocenters. The fourth-order valence-electron chi connectivity index (χ4n) is 2.04. The molecular weight excluding hydrogens is 266 g/mol. The molecule has 2 N–H and O–H groups in total. The summed E-state index contributed by atoms with van der Waals surface area (Å²) in [5.74, 6) is 0.513. The van der Waals surface area contributed by atoms with Crippen molar-refractivity contribution in [3.63, 3.8) is 0 Å². The Labute approximate surface area is 124 Å². The number of ether oxygens (including phenoxy) is 1. The summed E-state index contributed by atoms with van der Waals surface area (Å²) in [6.07, 6.45) is 1.77. The van der Waals surface area contributed by atoms with E-state index in [1.54, 1.807) is 20.4 Å². The summed E-state index contributed by atoms with van der Waals surface area (Å²) in [7, 11) is 3.22. The maximum absolute atomic E-state index is 11.8. The number of carbonyl (C=O) groups is 1. The zero-order valence-corrected chi connectivity index (χ0v) is 12.4. The number of benzene rings is 1. The summed E-state index contributed by atoms with van der Waals surface area (Å²) in [5, 5.41) is 5.97. The molecule has 0 radical (unpaired) electrons. The van der Waals surface area contributed by atoms with Crippen molar-refractivity contribution >= 4 is 11.6 Å². The van der Waals surface area contributed by atoms with Crippen molar-refractivity contribution in [1.82, 2.24) is 10.3 Å². The second kappa shape index (κ2) is 6.74. The molecule has 5 heteroatoms. The zero-order valence-electron chi connectivity index (χ0n) is 12.4. The summed E-state index contributed by atoms with van der Waals surface area (Å²) >= 11 is 0. The van der Waals surface area contributed by atoms with Crippen molar-refractivity contribution in [3.8, 4) is 5.88 Å². The molecule has 0 atom stereocenters. The average molecular weight is 285 g/mol. The van der Waals surface area contributed by atoms with Crippen LogP contribution in [0.25, 0.3) is 0 Å². The molecule has 0 fully saturated rings. The number of carbonyl (C=O) groups excluding carboxylic acids is 1. The number of nitrogens with zero attached hydrogens (tertiary/aromatic N) is 1. The zero-order chi connectivity index (χ0) is 15.2. The molecule has 1 amide bonds. The summed E-state index contributed by atoms with van der Waals surface area (Å²) in [6.45, 7) is 2.56. The van der Waals surface area contributed by atoms with Crippen LogP contribution < -0.4 is 15.4 Å². The van der Waals surface area contributed by atoms with Gasteiger partial charge in [-0.25, -0.2) is 4.98 Å². The van der Waals surface area contributed by atoms with Crippen molar-refractivity contribution in [2.24, 2.45) is 0 Å². The molecule has 2 aromatic rings. The lowest BCUT2D eigenvalue weighted by molar-refractivity contribution is 0.0962. The largest absolute Gasteiger partial charge is 0.481 e. The Kier molecular flexibility index (Phi) is 4.77. The number of nitrogens with one attached hydrogen (secondary N) is 2. The van der Waals surface area contributed by atoms with E-state index in [-0.39, 0.29) is 5.91 Å². The molecule has 0 spiro atoms. The first-order valence-corrected chi connectivity index (χ1v) is 6.70. The summed E-state index contributed by atoms with van der Waals surface area (Å²) in [6, 6.07) is 9.42. The molecule has 21 heavy (non-hydrogen) atoms. The highest BCUT2D eigenvalue weighted by molar-refractivity contribution is 5.96. The van der Waals surface area contributed by atoms with Gasteiger partial charge in [-0.15, -0.1) is 0 Å². The molecule has 0 aliphatic heterocycles. The van der Waals surface area contributed by atoms with Gasteiger partial charge in [-0.2, -0.15) is 0 Å². The van der Waals surface area contributed by atoms with Crippen LogP contribution in [0.2, 0.25) is 0 Å². The van der Waals surface area contributed by atoms with Gasteiger partial charge in [0.1, 0.15) is 0 Å². The first kappa shape index (κ1) is 14.8. The van der Waals surface area contributed by atoms with E-state index < -0.39 is 0 Å². The lowest BCUT2D eigenvalue weighted by Crippen LogP contribution is -2.19. The molecule has 0 aliphatic rings. The summed E-state index contributed by atoms with van der Waals surface area (Å²) in [5.41, 5.74) is 3.58. The van der Waals surface area contributed by atoms with E-state index in [1.165, 1.54) is 0 Å². The third-order valence-electron chi connectivity index (χ3n) is 3.30. The Morgan fingerprint density at radius 1 is 1.29 bits per heavy atom. The molecule has 110 valence electrons. The maximum atomic E-state index is 11.8. The van der Waals surface area contributed by atoms with Crippen molar-refractivity contribution in [1.29, 1.82) is 0 Å².